The zero-order chi connectivity index (χ0) is 9.97. The number of hydrogen-bond acceptors (Lipinski definition) is 3. The Labute approximate surface area is 88.2 Å². The first-order valence-corrected chi connectivity index (χ1v) is 5.02. The van der Waals surface area contributed by atoms with Gasteiger partial charge in [0, 0.05) is 6.54 Å². The third kappa shape index (κ3) is 1.85. The molecule has 0 aromatic heterocycles. The Bertz CT molecular complexity index is 324. The summed E-state index contributed by atoms with van der Waals surface area (Å²) >= 11 is 5.94. The molecule has 0 saturated carbocycles. The molecule has 3 nitrogen and oxygen atoms in total. The molecule has 2 rings (SSSR count). The van der Waals surface area contributed by atoms with Gasteiger partial charge in [-0.1, -0.05) is 23.7 Å². The van der Waals surface area contributed by atoms with E-state index < -0.39 is 0 Å². The lowest BCUT2D eigenvalue weighted by atomic mass is 10.0. The smallest absolute Gasteiger partial charge is 0.0662 e. The number of ether oxygens (including phenoxy) is 1. The molecule has 76 valence electrons. The zero-order valence-electron chi connectivity index (χ0n) is 7.79. The van der Waals surface area contributed by atoms with E-state index in [9.17, 15) is 0 Å². The number of nitrogens with two attached hydrogens (primary N) is 1. The van der Waals surface area contributed by atoms with E-state index in [0.717, 1.165) is 18.7 Å². The highest BCUT2D eigenvalue weighted by atomic mass is 35.5. The van der Waals surface area contributed by atoms with Crippen LogP contribution < -0.4 is 11.1 Å². The minimum absolute atomic E-state index is 0.169. The van der Waals surface area contributed by atoms with Crippen molar-refractivity contribution in [2.45, 2.75) is 6.04 Å². The highest BCUT2D eigenvalue weighted by Crippen LogP contribution is 2.28. The highest BCUT2D eigenvalue weighted by Gasteiger charge is 2.18. The molecule has 0 radical (unpaired) electrons. The number of nitrogens with one attached hydrogen (secondary N) is 1. The van der Waals surface area contributed by atoms with Crippen LogP contribution in [0.4, 0.5) is 5.69 Å². The van der Waals surface area contributed by atoms with Gasteiger partial charge in [0.05, 0.1) is 30.0 Å². The second kappa shape index (κ2) is 4.17. The molecule has 4 heteroatoms. The van der Waals surface area contributed by atoms with E-state index in [1.54, 1.807) is 6.07 Å². The Kier molecular flexibility index (Phi) is 2.91. The van der Waals surface area contributed by atoms with Crippen LogP contribution in [0.1, 0.15) is 11.6 Å². The van der Waals surface area contributed by atoms with Crippen molar-refractivity contribution in [1.82, 2.24) is 5.32 Å². The molecular weight excluding hydrogens is 200 g/mol. The molecule has 3 N–H and O–H groups in total. The maximum absolute atomic E-state index is 5.94. The van der Waals surface area contributed by atoms with Crippen molar-refractivity contribution >= 4 is 17.3 Å². The van der Waals surface area contributed by atoms with Gasteiger partial charge in [0.2, 0.25) is 0 Å². The number of para-hydroxylation sites is 1. The van der Waals surface area contributed by atoms with Gasteiger partial charge >= 0.3 is 0 Å². The molecule has 1 aromatic carbocycles. The topological polar surface area (TPSA) is 47.3 Å². The van der Waals surface area contributed by atoms with Gasteiger partial charge < -0.3 is 15.8 Å². The summed E-state index contributed by atoms with van der Waals surface area (Å²) in [7, 11) is 0. The van der Waals surface area contributed by atoms with Crippen LogP contribution >= 0.6 is 11.6 Å². The molecule has 1 aliphatic rings. The summed E-state index contributed by atoms with van der Waals surface area (Å²) in [4.78, 5) is 0. The van der Waals surface area contributed by atoms with E-state index in [4.69, 9.17) is 22.1 Å². The monoisotopic (exact) mass is 212 g/mol. The normalized spacial score (nSPS) is 22.2. The molecule has 0 amide bonds. The molecule has 0 spiro atoms. The summed E-state index contributed by atoms with van der Waals surface area (Å²) in [6.45, 7) is 2.28. The van der Waals surface area contributed by atoms with Crippen molar-refractivity contribution in [3.05, 3.63) is 28.8 Å². The lowest BCUT2D eigenvalue weighted by Crippen LogP contribution is -2.34. The van der Waals surface area contributed by atoms with E-state index >= 15 is 0 Å². The van der Waals surface area contributed by atoms with Crippen molar-refractivity contribution in [2.24, 2.45) is 0 Å². The SMILES string of the molecule is Nc1c(Cl)cccc1[C@@H]1COCCN1. The Morgan fingerprint density at radius 1 is 1.50 bits per heavy atom. The Morgan fingerprint density at radius 2 is 2.36 bits per heavy atom. The van der Waals surface area contributed by atoms with Gasteiger partial charge in [-0.15, -0.1) is 0 Å². The minimum atomic E-state index is 0.169. The first kappa shape index (κ1) is 9.77. The molecule has 1 aliphatic heterocycles. The summed E-state index contributed by atoms with van der Waals surface area (Å²) < 4.78 is 5.37. The van der Waals surface area contributed by atoms with Crippen LogP contribution in [0.15, 0.2) is 18.2 Å². The lowest BCUT2D eigenvalue weighted by molar-refractivity contribution is 0.0771. The largest absolute Gasteiger partial charge is 0.397 e. The van der Waals surface area contributed by atoms with Crippen LogP contribution in [0.25, 0.3) is 0 Å². The average molecular weight is 213 g/mol. The third-order valence-electron chi connectivity index (χ3n) is 2.38. The number of halogens is 1. The summed E-state index contributed by atoms with van der Waals surface area (Å²) in [6, 6.07) is 5.85. The van der Waals surface area contributed by atoms with E-state index in [2.05, 4.69) is 5.32 Å². The molecule has 0 aliphatic carbocycles. The van der Waals surface area contributed by atoms with Gasteiger partial charge in [-0.2, -0.15) is 0 Å². The number of nitrogen functional groups attached to an aromatic ring is 1. The number of anilines is 1. The Morgan fingerprint density at radius 3 is 3.07 bits per heavy atom. The molecule has 1 atom stereocenters. The first-order valence-electron chi connectivity index (χ1n) is 4.64. The first-order chi connectivity index (χ1) is 6.79. The summed E-state index contributed by atoms with van der Waals surface area (Å²) in [6.07, 6.45) is 0. The molecular formula is C10H13ClN2O. The zero-order valence-corrected chi connectivity index (χ0v) is 8.55. The van der Waals surface area contributed by atoms with Crippen LogP contribution in [0, 0.1) is 0 Å². The summed E-state index contributed by atoms with van der Waals surface area (Å²) in [5.41, 5.74) is 7.56. The molecule has 0 bridgehead atoms. The maximum atomic E-state index is 5.94. The van der Waals surface area contributed by atoms with Crippen molar-refractivity contribution < 1.29 is 4.74 Å². The molecule has 14 heavy (non-hydrogen) atoms. The third-order valence-corrected chi connectivity index (χ3v) is 2.71. The molecule has 1 fully saturated rings. The van der Waals surface area contributed by atoms with Gasteiger partial charge in [0.25, 0.3) is 0 Å². The second-order valence-electron chi connectivity index (χ2n) is 3.32. The summed E-state index contributed by atoms with van der Waals surface area (Å²) in [5, 5.41) is 3.95. The van der Waals surface area contributed by atoms with Gasteiger partial charge in [0.15, 0.2) is 0 Å². The number of benzene rings is 1. The number of rotatable bonds is 1. The van der Waals surface area contributed by atoms with E-state index in [-0.39, 0.29) is 6.04 Å². The van der Waals surface area contributed by atoms with Crippen LogP contribution in [-0.4, -0.2) is 19.8 Å². The van der Waals surface area contributed by atoms with Gasteiger partial charge in [-0.25, -0.2) is 0 Å². The lowest BCUT2D eigenvalue weighted by Gasteiger charge is -2.25. The quantitative estimate of drug-likeness (QED) is 0.695. The minimum Gasteiger partial charge on any atom is -0.397 e. The molecule has 1 heterocycles. The fourth-order valence-corrected chi connectivity index (χ4v) is 1.80. The Balaban J connectivity index is 2.26. The molecule has 1 saturated heterocycles. The average Bonchev–Trinajstić information content (AvgIpc) is 2.23. The fraction of sp³-hybridized carbons (Fsp3) is 0.400. The van der Waals surface area contributed by atoms with Crippen molar-refractivity contribution in [3.8, 4) is 0 Å². The van der Waals surface area contributed by atoms with Crippen molar-refractivity contribution in [2.75, 3.05) is 25.5 Å². The second-order valence-corrected chi connectivity index (χ2v) is 3.73. The van der Waals surface area contributed by atoms with Crippen LogP contribution in [0.5, 0.6) is 0 Å². The molecule has 0 unspecified atom stereocenters. The standard InChI is InChI=1S/C10H13ClN2O/c11-8-3-1-2-7(10(8)12)9-6-14-5-4-13-9/h1-3,9,13H,4-6,12H2/t9-/m0/s1. The van der Waals surface area contributed by atoms with Gasteiger partial charge in [0.1, 0.15) is 0 Å². The highest BCUT2D eigenvalue weighted by molar-refractivity contribution is 6.33. The maximum Gasteiger partial charge on any atom is 0.0662 e. The van der Waals surface area contributed by atoms with Crippen molar-refractivity contribution in [3.63, 3.8) is 0 Å². The van der Waals surface area contributed by atoms with E-state index in [1.807, 2.05) is 12.1 Å². The van der Waals surface area contributed by atoms with Crippen LogP contribution in [0.3, 0.4) is 0 Å². The van der Waals surface area contributed by atoms with Crippen LogP contribution in [0.2, 0.25) is 5.02 Å². The van der Waals surface area contributed by atoms with E-state index in [1.165, 1.54) is 0 Å². The number of hydrogen-bond donors (Lipinski definition) is 2. The predicted molar refractivity (Wildman–Crippen MR) is 57.4 cm³/mol. The van der Waals surface area contributed by atoms with Crippen molar-refractivity contribution in [1.29, 1.82) is 0 Å². The van der Waals surface area contributed by atoms with Gasteiger partial charge in [-0.05, 0) is 11.6 Å². The van der Waals surface area contributed by atoms with Gasteiger partial charge in [-0.3, -0.25) is 0 Å². The Hall–Kier alpha value is -0.770. The number of morpholine rings is 1. The van der Waals surface area contributed by atoms with Crippen LogP contribution in [-0.2, 0) is 4.74 Å². The molecule has 1 aromatic rings. The van der Waals surface area contributed by atoms with E-state index in [0.29, 0.717) is 17.3 Å². The fourth-order valence-electron chi connectivity index (χ4n) is 1.62. The predicted octanol–water partition coefficient (Wildman–Crippen LogP) is 1.58. The summed E-state index contributed by atoms with van der Waals surface area (Å²) in [5.74, 6) is 0.